The lowest BCUT2D eigenvalue weighted by Crippen LogP contribution is -2.44. The van der Waals surface area contributed by atoms with Gasteiger partial charge in [0.15, 0.2) is 0 Å². The second-order valence-corrected chi connectivity index (χ2v) is 4.97. The minimum Gasteiger partial charge on any atom is -0.359 e. The van der Waals surface area contributed by atoms with Crippen LogP contribution in [-0.2, 0) is 4.79 Å². The second-order valence-electron chi connectivity index (χ2n) is 4.56. The topological polar surface area (TPSA) is 62.3 Å². The number of hydrogen-bond donors (Lipinski definition) is 1. The third-order valence-corrected chi connectivity index (χ3v) is 3.63. The van der Waals surface area contributed by atoms with Crippen molar-refractivity contribution in [2.24, 2.45) is 5.92 Å². The molecular formula is C13H16ClN3O2. The predicted molar refractivity (Wildman–Crippen MR) is 71.9 cm³/mol. The van der Waals surface area contributed by atoms with Crippen LogP contribution in [0.1, 0.15) is 23.2 Å². The maximum absolute atomic E-state index is 12.4. The van der Waals surface area contributed by atoms with E-state index < -0.39 is 0 Å². The number of carbonyl (C=O) groups excluding carboxylic acids is 2. The molecule has 2 amide bonds. The molecule has 0 spiro atoms. The number of nitrogens with one attached hydrogen (secondary N) is 1. The maximum atomic E-state index is 12.4. The largest absolute Gasteiger partial charge is 0.359 e. The minimum atomic E-state index is -0.138. The van der Waals surface area contributed by atoms with E-state index in [0.717, 1.165) is 12.8 Å². The summed E-state index contributed by atoms with van der Waals surface area (Å²) in [6, 6.07) is 1.61. The van der Waals surface area contributed by atoms with Gasteiger partial charge in [0.25, 0.3) is 5.91 Å². The lowest BCUT2D eigenvalue weighted by atomic mass is 9.96. The Hall–Kier alpha value is -1.62. The van der Waals surface area contributed by atoms with Gasteiger partial charge in [0.2, 0.25) is 5.91 Å². The molecule has 1 aromatic heterocycles. The van der Waals surface area contributed by atoms with E-state index in [9.17, 15) is 9.59 Å². The number of carbonyl (C=O) groups is 2. The van der Waals surface area contributed by atoms with Crippen molar-refractivity contribution in [1.82, 2.24) is 15.2 Å². The first-order valence-corrected chi connectivity index (χ1v) is 6.61. The van der Waals surface area contributed by atoms with Crippen LogP contribution in [-0.4, -0.2) is 41.8 Å². The standard InChI is InChI=1S/C13H16ClN3O2/c1-15-12(18)9-3-2-6-17(8-9)13(19)10-4-5-16-7-11(10)14/h4-5,7,9H,2-3,6,8H2,1H3,(H,15,18). The Bertz CT molecular complexity index is 493. The number of halogens is 1. The molecule has 19 heavy (non-hydrogen) atoms. The van der Waals surface area contributed by atoms with Crippen LogP contribution >= 0.6 is 11.6 Å². The highest BCUT2D eigenvalue weighted by atomic mass is 35.5. The van der Waals surface area contributed by atoms with Gasteiger partial charge in [-0.25, -0.2) is 0 Å². The molecule has 1 saturated heterocycles. The van der Waals surface area contributed by atoms with Gasteiger partial charge in [0.05, 0.1) is 16.5 Å². The first kappa shape index (κ1) is 13.8. The summed E-state index contributed by atoms with van der Waals surface area (Å²) in [4.78, 5) is 29.6. The van der Waals surface area contributed by atoms with Crippen molar-refractivity contribution in [3.05, 3.63) is 29.0 Å². The summed E-state index contributed by atoms with van der Waals surface area (Å²) in [5, 5.41) is 2.97. The molecule has 2 rings (SSSR count). The molecule has 1 aromatic rings. The molecule has 1 fully saturated rings. The molecule has 1 aliphatic heterocycles. The third-order valence-electron chi connectivity index (χ3n) is 3.33. The van der Waals surface area contributed by atoms with Crippen LogP contribution < -0.4 is 5.32 Å². The number of likely N-dealkylation sites (tertiary alicyclic amines) is 1. The van der Waals surface area contributed by atoms with Gasteiger partial charge < -0.3 is 10.2 Å². The summed E-state index contributed by atoms with van der Waals surface area (Å²) < 4.78 is 0. The van der Waals surface area contributed by atoms with Crippen LogP contribution in [0, 0.1) is 5.92 Å². The minimum absolute atomic E-state index is 0.0154. The first-order valence-electron chi connectivity index (χ1n) is 6.24. The summed E-state index contributed by atoms with van der Waals surface area (Å²) >= 11 is 5.98. The van der Waals surface area contributed by atoms with Crippen LogP contribution in [0.4, 0.5) is 0 Å². The Morgan fingerprint density at radius 1 is 1.53 bits per heavy atom. The normalized spacial score (nSPS) is 19.1. The summed E-state index contributed by atoms with van der Waals surface area (Å²) in [6.07, 6.45) is 4.63. The highest BCUT2D eigenvalue weighted by Crippen LogP contribution is 2.21. The Balaban J connectivity index is 2.11. The highest BCUT2D eigenvalue weighted by molar-refractivity contribution is 6.33. The third kappa shape index (κ3) is 3.04. The van der Waals surface area contributed by atoms with Crippen LogP contribution in [0.2, 0.25) is 5.02 Å². The van der Waals surface area contributed by atoms with Crippen molar-refractivity contribution in [2.75, 3.05) is 20.1 Å². The molecule has 0 aromatic carbocycles. The van der Waals surface area contributed by atoms with Crippen molar-refractivity contribution >= 4 is 23.4 Å². The van der Waals surface area contributed by atoms with Crippen LogP contribution in [0.5, 0.6) is 0 Å². The number of rotatable bonds is 2. The fraction of sp³-hybridized carbons (Fsp3) is 0.462. The monoisotopic (exact) mass is 281 g/mol. The lowest BCUT2D eigenvalue weighted by Gasteiger charge is -2.32. The molecule has 102 valence electrons. The molecule has 0 bridgehead atoms. The Kier molecular flexibility index (Phi) is 4.37. The molecule has 0 saturated carbocycles. The Labute approximate surface area is 117 Å². The molecular weight excluding hydrogens is 266 g/mol. The number of amides is 2. The average Bonchev–Trinajstić information content (AvgIpc) is 2.46. The van der Waals surface area contributed by atoms with Crippen molar-refractivity contribution < 1.29 is 9.59 Å². The van der Waals surface area contributed by atoms with Gasteiger partial charge in [-0.1, -0.05) is 11.6 Å². The fourth-order valence-corrected chi connectivity index (χ4v) is 2.50. The van der Waals surface area contributed by atoms with E-state index in [1.54, 1.807) is 24.2 Å². The molecule has 1 unspecified atom stereocenters. The number of hydrogen-bond acceptors (Lipinski definition) is 3. The summed E-state index contributed by atoms with van der Waals surface area (Å²) in [5.41, 5.74) is 0.439. The molecule has 5 nitrogen and oxygen atoms in total. The van der Waals surface area contributed by atoms with Crippen LogP contribution in [0.3, 0.4) is 0 Å². The lowest BCUT2D eigenvalue weighted by molar-refractivity contribution is -0.125. The predicted octanol–water partition coefficient (Wildman–Crippen LogP) is 1.33. The SMILES string of the molecule is CNC(=O)C1CCCN(C(=O)c2ccncc2Cl)C1. The smallest absolute Gasteiger partial charge is 0.255 e. The summed E-state index contributed by atoms with van der Waals surface area (Å²) in [7, 11) is 1.61. The molecule has 1 aliphatic rings. The van der Waals surface area contributed by atoms with Gasteiger partial charge in [0, 0.05) is 32.5 Å². The van der Waals surface area contributed by atoms with E-state index in [4.69, 9.17) is 11.6 Å². The van der Waals surface area contributed by atoms with Gasteiger partial charge in [-0.3, -0.25) is 14.6 Å². The Morgan fingerprint density at radius 2 is 2.32 bits per heavy atom. The number of nitrogens with zero attached hydrogens (tertiary/aromatic N) is 2. The first-order chi connectivity index (χ1) is 9.13. The zero-order valence-corrected chi connectivity index (χ0v) is 11.5. The van der Waals surface area contributed by atoms with E-state index >= 15 is 0 Å². The fourth-order valence-electron chi connectivity index (χ4n) is 2.30. The van der Waals surface area contributed by atoms with Crippen LogP contribution in [0.15, 0.2) is 18.5 Å². The van der Waals surface area contributed by atoms with Crippen molar-refractivity contribution in [2.45, 2.75) is 12.8 Å². The molecule has 0 aliphatic carbocycles. The highest BCUT2D eigenvalue weighted by Gasteiger charge is 2.28. The molecule has 1 N–H and O–H groups in total. The summed E-state index contributed by atoms with van der Waals surface area (Å²) in [6.45, 7) is 1.10. The molecule has 0 radical (unpaired) electrons. The summed E-state index contributed by atoms with van der Waals surface area (Å²) in [5.74, 6) is -0.289. The van der Waals surface area contributed by atoms with E-state index in [-0.39, 0.29) is 17.7 Å². The van der Waals surface area contributed by atoms with Crippen molar-refractivity contribution in [1.29, 1.82) is 0 Å². The number of aromatic nitrogens is 1. The van der Waals surface area contributed by atoms with E-state index in [0.29, 0.717) is 23.7 Å². The second kappa shape index (κ2) is 6.02. The van der Waals surface area contributed by atoms with Gasteiger partial charge in [-0.05, 0) is 18.9 Å². The van der Waals surface area contributed by atoms with E-state index in [1.165, 1.54) is 6.20 Å². The average molecular weight is 282 g/mol. The van der Waals surface area contributed by atoms with Gasteiger partial charge in [-0.2, -0.15) is 0 Å². The van der Waals surface area contributed by atoms with E-state index in [1.807, 2.05) is 0 Å². The maximum Gasteiger partial charge on any atom is 0.255 e. The molecule has 6 heteroatoms. The van der Waals surface area contributed by atoms with Crippen molar-refractivity contribution in [3.8, 4) is 0 Å². The number of piperidine rings is 1. The van der Waals surface area contributed by atoms with Crippen molar-refractivity contribution in [3.63, 3.8) is 0 Å². The molecule has 2 heterocycles. The number of pyridine rings is 1. The van der Waals surface area contributed by atoms with E-state index in [2.05, 4.69) is 10.3 Å². The van der Waals surface area contributed by atoms with Gasteiger partial charge in [-0.15, -0.1) is 0 Å². The van der Waals surface area contributed by atoms with Crippen LogP contribution in [0.25, 0.3) is 0 Å². The van der Waals surface area contributed by atoms with Gasteiger partial charge >= 0.3 is 0 Å². The quantitative estimate of drug-likeness (QED) is 0.890. The molecule has 1 atom stereocenters. The zero-order chi connectivity index (χ0) is 13.8. The van der Waals surface area contributed by atoms with Gasteiger partial charge in [0.1, 0.15) is 0 Å². The Morgan fingerprint density at radius 3 is 3.00 bits per heavy atom. The zero-order valence-electron chi connectivity index (χ0n) is 10.7.